The fourth-order valence-corrected chi connectivity index (χ4v) is 3.81. The van der Waals surface area contributed by atoms with Gasteiger partial charge in [-0.3, -0.25) is 4.90 Å². The Kier molecular flexibility index (Phi) is 4.33. The van der Waals surface area contributed by atoms with Crippen molar-refractivity contribution in [3.63, 3.8) is 0 Å². The molecule has 2 aliphatic rings. The minimum Gasteiger partial charge on any atom is -0.465 e. The number of likely N-dealkylation sites (tertiary alicyclic amines) is 1. The maximum Gasteiger partial charge on any atom is 0.208 e. The van der Waals surface area contributed by atoms with E-state index in [2.05, 4.69) is 9.62 Å². The number of rotatable bonds is 5. The van der Waals surface area contributed by atoms with Crippen LogP contribution < -0.4 is 4.72 Å². The highest BCUT2D eigenvalue weighted by Gasteiger charge is 2.46. The van der Waals surface area contributed by atoms with Gasteiger partial charge in [0, 0.05) is 19.6 Å². The summed E-state index contributed by atoms with van der Waals surface area (Å²) in [4.78, 5) is 2.33. The first-order chi connectivity index (χ1) is 10.3. The molecule has 3 rings (SSSR count). The molecule has 0 amide bonds. The largest absolute Gasteiger partial charge is 0.465 e. The molecule has 0 saturated carbocycles. The summed E-state index contributed by atoms with van der Waals surface area (Å²) < 4.78 is 36.5. The molecule has 2 aliphatic heterocycles. The molecule has 3 heterocycles. The summed E-state index contributed by atoms with van der Waals surface area (Å²) in [6.45, 7) is 5.76. The normalized spacial score (nSPS) is 25.3. The summed E-state index contributed by atoms with van der Waals surface area (Å²) in [5, 5.41) is 0. The maximum absolute atomic E-state index is 11.1. The molecule has 0 aliphatic carbocycles. The predicted octanol–water partition coefficient (Wildman–Crippen LogP) is 1.12. The Balaban J connectivity index is 1.41. The van der Waals surface area contributed by atoms with Gasteiger partial charge in [0.25, 0.3) is 0 Å². The van der Waals surface area contributed by atoms with Crippen LogP contribution in [0.4, 0.5) is 0 Å². The number of ether oxygens (including phenoxy) is 1. The lowest BCUT2D eigenvalue weighted by Crippen LogP contribution is -2.64. The minimum absolute atomic E-state index is 0.0246. The zero-order valence-corrected chi connectivity index (χ0v) is 14.0. The summed E-state index contributed by atoms with van der Waals surface area (Å²) in [6, 6.07) is 4.01. The van der Waals surface area contributed by atoms with Crippen molar-refractivity contribution in [2.75, 3.05) is 32.5 Å². The second-order valence-electron chi connectivity index (χ2n) is 6.68. The third-order valence-electron chi connectivity index (χ3n) is 4.47. The Hall–Kier alpha value is -0.890. The van der Waals surface area contributed by atoms with Crippen LogP contribution in [0, 0.1) is 12.8 Å². The van der Waals surface area contributed by atoms with Crippen molar-refractivity contribution in [3.05, 3.63) is 23.7 Å². The lowest BCUT2D eigenvalue weighted by molar-refractivity contribution is -0.181. The van der Waals surface area contributed by atoms with E-state index in [0.717, 1.165) is 44.0 Å². The topological polar surface area (TPSA) is 71.8 Å². The van der Waals surface area contributed by atoms with Gasteiger partial charge >= 0.3 is 0 Å². The Labute approximate surface area is 131 Å². The van der Waals surface area contributed by atoms with E-state index in [1.165, 1.54) is 6.26 Å². The van der Waals surface area contributed by atoms with Crippen LogP contribution in [0.25, 0.3) is 0 Å². The van der Waals surface area contributed by atoms with Crippen LogP contribution >= 0.6 is 0 Å². The highest BCUT2D eigenvalue weighted by molar-refractivity contribution is 7.88. The van der Waals surface area contributed by atoms with Gasteiger partial charge in [-0.15, -0.1) is 0 Å². The SMILES string of the molecule is Cc1ccc(CN2CC3(CC[C@H](CNS(C)(=O)=O)CO3)C2)o1. The Bertz CT molecular complexity index is 609. The summed E-state index contributed by atoms with van der Waals surface area (Å²) in [5.74, 6) is 2.22. The van der Waals surface area contributed by atoms with Gasteiger partial charge in [-0.25, -0.2) is 13.1 Å². The lowest BCUT2D eigenvalue weighted by Gasteiger charge is -2.52. The van der Waals surface area contributed by atoms with Crippen molar-refractivity contribution < 1.29 is 17.6 Å². The number of aryl methyl sites for hydroxylation is 1. The first-order valence-corrected chi connectivity index (χ1v) is 9.59. The van der Waals surface area contributed by atoms with Crippen LogP contribution in [0.1, 0.15) is 24.4 Å². The first-order valence-electron chi connectivity index (χ1n) is 7.70. The van der Waals surface area contributed by atoms with E-state index in [4.69, 9.17) is 9.15 Å². The van der Waals surface area contributed by atoms with E-state index in [1.807, 2.05) is 19.1 Å². The molecule has 0 aromatic carbocycles. The number of hydrogen-bond donors (Lipinski definition) is 1. The smallest absolute Gasteiger partial charge is 0.208 e. The van der Waals surface area contributed by atoms with Crippen molar-refractivity contribution >= 4 is 10.0 Å². The third kappa shape index (κ3) is 3.90. The predicted molar refractivity (Wildman–Crippen MR) is 83.0 cm³/mol. The van der Waals surface area contributed by atoms with E-state index in [1.54, 1.807) is 0 Å². The molecule has 1 N–H and O–H groups in total. The van der Waals surface area contributed by atoms with Gasteiger partial charge in [-0.05, 0) is 37.8 Å². The van der Waals surface area contributed by atoms with Crippen molar-refractivity contribution in [1.82, 2.24) is 9.62 Å². The van der Waals surface area contributed by atoms with Crippen molar-refractivity contribution in [2.45, 2.75) is 31.9 Å². The molecule has 1 aromatic heterocycles. The minimum atomic E-state index is -3.11. The van der Waals surface area contributed by atoms with Gasteiger partial charge in [0.15, 0.2) is 0 Å². The molecule has 7 heteroatoms. The fourth-order valence-electron chi connectivity index (χ4n) is 3.27. The molecule has 6 nitrogen and oxygen atoms in total. The summed E-state index contributed by atoms with van der Waals surface area (Å²) in [7, 11) is -3.11. The molecule has 0 radical (unpaired) electrons. The van der Waals surface area contributed by atoms with Gasteiger partial charge in [0.1, 0.15) is 11.5 Å². The Morgan fingerprint density at radius 3 is 2.73 bits per heavy atom. The molecular weight excluding hydrogens is 304 g/mol. The van der Waals surface area contributed by atoms with E-state index in [9.17, 15) is 8.42 Å². The summed E-state index contributed by atoms with van der Waals surface area (Å²) in [5.41, 5.74) is -0.0246. The standard InChI is InChI=1S/C15H24N2O4S/c1-12-3-4-14(21-12)8-17-10-15(11-17)6-5-13(9-20-15)7-16-22(2,18)19/h3-4,13,16H,5-11H2,1-2H3/t13-/m1/s1. The number of sulfonamides is 1. The van der Waals surface area contributed by atoms with Crippen molar-refractivity contribution in [3.8, 4) is 0 Å². The van der Waals surface area contributed by atoms with Crippen LogP contribution in [0.2, 0.25) is 0 Å². The van der Waals surface area contributed by atoms with E-state index in [0.29, 0.717) is 13.2 Å². The lowest BCUT2D eigenvalue weighted by atomic mass is 9.83. The summed E-state index contributed by atoms with van der Waals surface area (Å²) >= 11 is 0. The molecule has 1 spiro atoms. The van der Waals surface area contributed by atoms with Crippen LogP contribution in [0.5, 0.6) is 0 Å². The first kappa shape index (κ1) is 16.0. The van der Waals surface area contributed by atoms with Gasteiger partial charge < -0.3 is 9.15 Å². The highest BCUT2D eigenvalue weighted by atomic mass is 32.2. The van der Waals surface area contributed by atoms with Crippen molar-refractivity contribution in [1.29, 1.82) is 0 Å². The number of hydrogen-bond acceptors (Lipinski definition) is 5. The maximum atomic E-state index is 11.1. The number of nitrogens with one attached hydrogen (secondary N) is 1. The quantitative estimate of drug-likeness (QED) is 0.877. The zero-order valence-electron chi connectivity index (χ0n) is 13.2. The zero-order chi connectivity index (χ0) is 15.8. The molecule has 2 fully saturated rings. The second-order valence-corrected chi connectivity index (χ2v) is 8.51. The third-order valence-corrected chi connectivity index (χ3v) is 5.16. The van der Waals surface area contributed by atoms with Crippen LogP contribution in [0.3, 0.4) is 0 Å². The van der Waals surface area contributed by atoms with E-state index < -0.39 is 10.0 Å². The Morgan fingerprint density at radius 2 is 2.18 bits per heavy atom. The van der Waals surface area contributed by atoms with Crippen molar-refractivity contribution in [2.24, 2.45) is 5.92 Å². The summed E-state index contributed by atoms with van der Waals surface area (Å²) in [6.07, 6.45) is 3.20. The van der Waals surface area contributed by atoms with Gasteiger partial charge in [-0.1, -0.05) is 0 Å². The Morgan fingerprint density at radius 1 is 1.41 bits per heavy atom. The van der Waals surface area contributed by atoms with Gasteiger partial charge in [0.05, 0.1) is 25.0 Å². The number of furan rings is 1. The van der Waals surface area contributed by atoms with Crippen LogP contribution in [-0.2, 0) is 21.3 Å². The number of nitrogens with zero attached hydrogens (tertiary/aromatic N) is 1. The molecule has 1 aromatic rings. The van der Waals surface area contributed by atoms with E-state index >= 15 is 0 Å². The second kappa shape index (κ2) is 5.96. The monoisotopic (exact) mass is 328 g/mol. The van der Waals surface area contributed by atoms with E-state index in [-0.39, 0.29) is 11.5 Å². The fraction of sp³-hybridized carbons (Fsp3) is 0.733. The highest BCUT2D eigenvalue weighted by Crippen LogP contribution is 2.36. The molecule has 22 heavy (non-hydrogen) atoms. The average Bonchev–Trinajstić information content (AvgIpc) is 2.81. The average molecular weight is 328 g/mol. The van der Waals surface area contributed by atoms with Crippen LogP contribution in [-0.4, -0.2) is 51.4 Å². The molecule has 1 atom stereocenters. The molecule has 2 saturated heterocycles. The molecule has 0 unspecified atom stereocenters. The van der Waals surface area contributed by atoms with Gasteiger partial charge in [0.2, 0.25) is 10.0 Å². The van der Waals surface area contributed by atoms with Crippen LogP contribution in [0.15, 0.2) is 16.5 Å². The van der Waals surface area contributed by atoms with Gasteiger partial charge in [-0.2, -0.15) is 0 Å². The molecular formula is C15H24N2O4S. The molecule has 0 bridgehead atoms. The molecule has 124 valence electrons.